The van der Waals surface area contributed by atoms with Gasteiger partial charge in [0.25, 0.3) is 5.95 Å². The minimum Gasteiger partial charge on any atom is -0.320 e. The third-order valence-electron chi connectivity index (χ3n) is 1.71. The number of amides is 1. The molecule has 1 atom stereocenters. The van der Waals surface area contributed by atoms with Crippen LogP contribution >= 0.6 is 11.8 Å². The Labute approximate surface area is 91.8 Å². The van der Waals surface area contributed by atoms with E-state index in [0.29, 0.717) is 6.42 Å². The Balaban J connectivity index is 2.41. The second kappa shape index (κ2) is 5.66. The minimum absolute atomic E-state index is 0.183. The number of carbonyl (C=O) groups is 1. The molecule has 0 saturated heterocycles. The Hall–Kier alpha value is -1.15. The van der Waals surface area contributed by atoms with Crippen molar-refractivity contribution in [1.82, 2.24) is 20.2 Å². The van der Waals surface area contributed by atoms with Crippen molar-refractivity contribution >= 4 is 23.6 Å². The van der Waals surface area contributed by atoms with E-state index in [1.165, 1.54) is 4.80 Å². The molecular weight excluding hydrogens is 216 g/mol. The summed E-state index contributed by atoms with van der Waals surface area (Å²) in [5, 5.41) is 13.5. The number of nitrogens with zero attached hydrogens (tertiary/aromatic N) is 4. The van der Waals surface area contributed by atoms with Gasteiger partial charge in [0.15, 0.2) is 0 Å². The number of aromatic nitrogens is 4. The Morgan fingerprint density at radius 2 is 2.47 bits per heavy atom. The number of rotatable bonds is 5. The molecule has 0 unspecified atom stereocenters. The average Bonchev–Trinajstić information content (AvgIpc) is 2.60. The largest absolute Gasteiger partial charge is 0.320 e. The molecule has 0 aliphatic rings. The van der Waals surface area contributed by atoms with Crippen LogP contribution in [0.5, 0.6) is 0 Å². The quantitative estimate of drug-likeness (QED) is 0.689. The van der Waals surface area contributed by atoms with E-state index in [0.717, 1.165) is 5.75 Å². The average molecular weight is 230 g/mol. The summed E-state index contributed by atoms with van der Waals surface area (Å²) in [6, 6.07) is -0.527. The Morgan fingerprint density at radius 1 is 1.73 bits per heavy atom. The molecule has 1 heterocycles. The first-order valence-electron chi connectivity index (χ1n) is 4.43. The summed E-state index contributed by atoms with van der Waals surface area (Å²) < 4.78 is 0. The second-order valence-corrected chi connectivity index (χ2v) is 3.97. The third-order valence-corrected chi connectivity index (χ3v) is 2.36. The van der Waals surface area contributed by atoms with Gasteiger partial charge in [0.2, 0.25) is 5.91 Å². The molecule has 0 aliphatic heterocycles. The highest BCUT2D eigenvalue weighted by atomic mass is 32.2. The van der Waals surface area contributed by atoms with Crippen LogP contribution in [0.2, 0.25) is 0 Å². The Morgan fingerprint density at radius 3 is 3.00 bits per heavy atom. The number of hydrogen-bond donors (Lipinski definition) is 2. The van der Waals surface area contributed by atoms with E-state index in [9.17, 15) is 4.79 Å². The van der Waals surface area contributed by atoms with Crippen molar-refractivity contribution in [3.05, 3.63) is 0 Å². The van der Waals surface area contributed by atoms with Crippen molar-refractivity contribution in [2.24, 2.45) is 12.8 Å². The van der Waals surface area contributed by atoms with Gasteiger partial charge in [-0.2, -0.15) is 16.6 Å². The predicted octanol–water partition coefficient (Wildman–Crippen LogP) is -0.771. The van der Waals surface area contributed by atoms with Gasteiger partial charge in [-0.3, -0.25) is 10.1 Å². The lowest BCUT2D eigenvalue weighted by atomic mass is 10.2. The molecule has 15 heavy (non-hydrogen) atoms. The van der Waals surface area contributed by atoms with Gasteiger partial charge in [0, 0.05) is 0 Å². The lowest BCUT2D eigenvalue weighted by molar-refractivity contribution is -0.117. The molecule has 3 N–H and O–H groups in total. The van der Waals surface area contributed by atoms with Crippen molar-refractivity contribution in [3.63, 3.8) is 0 Å². The molecule has 1 aromatic rings. The predicted molar refractivity (Wildman–Crippen MR) is 58.4 cm³/mol. The molecule has 0 bridgehead atoms. The molecule has 0 aliphatic carbocycles. The van der Waals surface area contributed by atoms with E-state index >= 15 is 0 Å². The van der Waals surface area contributed by atoms with Crippen LogP contribution in [0.3, 0.4) is 0 Å². The van der Waals surface area contributed by atoms with Gasteiger partial charge >= 0.3 is 0 Å². The number of nitrogens with one attached hydrogen (secondary N) is 1. The van der Waals surface area contributed by atoms with Crippen LogP contribution in [0.25, 0.3) is 0 Å². The Kier molecular flexibility index (Phi) is 4.50. The summed E-state index contributed by atoms with van der Waals surface area (Å²) in [4.78, 5) is 12.7. The highest BCUT2D eigenvalue weighted by Gasteiger charge is 2.14. The first-order chi connectivity index (χ1) is 7.13. The van der Waals surface area contributed by atoms with Crippen molar-refractivity contribution in [2.45, 2.75) is 12.5 Å². The topological polar surface area (TPSA) is 98.7 Å². The van der Waals surface area contributed by atoms with Gasteiger partial charge in [0.05, 0.1) is 13.1 Å². The maximum atomic E-state index is 11.5. The number of anilines is 1. The number of hydrogen-bond acceptors (Lipinski definition) is 6. The fourth-order valence-electron chi connectivity index (χ4n) is 0.913. The molecule has 0 fully saturated rings. The monoisotopic (exact) mass is 230 g/mol. The van der Waals surface area contributed by atoms with Crippen molar-refractivity contribution < 1.29 is 4.79 Å². The maximum Gasteiger partial charge on any atom is 0.270 e. The zero-order valence-electron chi connectivity index (χ0n) is 8.67. The van der Waals surface area contributed by atoms with E-state index in [2.05, 4.69) is 20.7 Å². The van der Waals surface area contributed by atoms with E-state index in [-0.39, 0.29) is 11.9 Å². The molecule has 1 aromatic heterocycles. The normalized spacial score (nSPS) is 12.5. The fourth-order valence-corrected chi connectivity index (χ4v) is 1.40. The molecule has 0 spiro atoms. The van der Waals surface area contributed by atoms with Crippen LogP contribution < -0.4 is 11.1 Å². The second-order valence-electron chi connectivity index (χ2n) is 2.98. The fraction of sp³-hybridized carbons (Fsp3) is 0.714. The van der Waals surface area contributed by atoms with Crippen LogP contribution in [-0.4, -0.2) is 44.2 Å². The van der Waals surface area contributed by atoms with Gasteiger partial charge < -0.3 is 5.73 Å². The zero-order valence-corrected chi connectivity index (χ0v) is 9.49. The number of nitrogens with two attached hydrogens (primary N) is 1. The SMILES string of the molecule is CSCC[C@H](N)C(=O)Nc1nnn(C)n1. The van der Waals surface area contributed by atoms with Gasteiger partial charge in [-0.15, -0.1) is 5.10 Å². The van der Waals surface area contributed by atoms with Gasteiger partial charge in [-0.05, 0) is 23.6 Å². The standard InChI is InChI=1S/C7H14N6OS/c1-13-11-7(10-12-13)9-6(14)5(8)3-4-15-2/h5H,3-4,8H2,1-2H3,(H,9,11,14)/t5-/m0/s1. The summed E-state index contributed by atoms with van der Waals surface area (Å²) in [6.07, 6.45) is 2.60. The first kappa shape index (κ1) is 11.9. The van der Waals surface area contributed by atoms with Crippen LogP contribution in [0.15, 0.2) is 0 Å². The van der Waals surface area contributed by atoms with Crippen LogP contribution in [0.4, 0.5) is 5.95 Å². The van der Waals surface area contributed by atoms with Gasteiger partial charge in [-0.1, -0.05) is 5.10 Å². The number of carbonyl (C=O) groups excluding carboxylic acids is 1. The smallest absolute Gasteiger partial charge is 0.270 e. The van der Waals surface area contributed by atoms with Gasteiger partial charge in [-0.25, -0.2) is 0 Å². The lowest BCUT2D eigenvalue weighted by Gasteiger charge is -2.08. The molecule has 1 amide bonds. The van der Waals surface area contributed by atoms with Crippen LogP contribution in [0.1, 0.15) is 6.42 Å². The molecule has 0 aromatic carbocycles. The molecule has 8 heteroatoms. The highest BCUT2D eigenvalue weighted by molar-refractivity contribution is 7.98. The van der Waals surface area contributed by atoms with Gasteiger partial charge in [0.1, 0.15) is 0 Å². The summed E-state index contributed by atoms with van der Waals surface area (Å²) in [5.41, 5.74) is 5.65. The van der Waals surface area contributed by atoms with E-state index in [4.69, 9.17) is 5.73 Å². The first-order valence-corrected chi connectivity index (χ1v) is 5.82. The zero-order chi connectivity index (χ0) is 11.3. The number of thioether (sulfide) groups is 1. The van der Waals surface area contributed by atoms with E-state index < -0.39 is 6.04 Å². The van der Waals surface area contributed by atoms with Crippen molar-refractivity contribution in [2.75, 3.05) is 17.3 Å². The maximum absolute atomic E-state index is 11.5. The summed E-state index contributed by atoms with van der Waals surface area (Å²) in [7, 11) is 1.62. The molecule has 0 saturated carbocycles. The number of aryl methyl sites for hydroxylation is 1. The third kappa shape index (κ3) is 3.84. The van der Waals surface area contributed by atoms with Crippen LogP contribution in [-0.2, 0) is 11.8 Å². The lowest BCUT2D eigenvalue weighted by Crippen LogP contribution is -2.36. The van der Waals surface area contributed by atoms with E-state index in [1.807, 2.05) is 6.26 Å². The van der Waals surface area contributed by atoms with Crippen molar-refractivity contribution in [3.8, 4) is 0 Å². The molecule has 1 rings (SSSR count). The van der Waals surface area contributed by atoms with Crippen LogP contribution in [0, 0.1) is 0 Å². The van der Waals surface area contributed by atoms with E-state index in [1.54, 1.807) is 18.8 Å². The highest BCUT2D eigenvalue weighted by Crippen LogP contribution is 2.01. The summed E-state index contributed by atoms with van der Waals surface area (Å²) >= 11 is 1.65. The minimum atomic E-state index is -0.527. The molecular formula is C7H14N6OS. The summed E-state index contributed by atoms with van der Waals surface area (Å²) in [5.74, 6) is 0.752. The number of tetrazole rings is 1. The molecule has 0 radical (unpaired) electrons. The molecule has 7 nitrogen and oxygen atoms in total. The Bertz CT molecular complexity index is 327. The van der Waals surface area contributed by atoms with Crippen molar-refractivity contribution in [1.29, 1.82) is 0 Å². The summed E-state index contributed by atoms with van der Waals surface area (Å²) in [6.45, 7) is 0. The molecule has 84 valence electrons.